The fraction of sp³-hybridized carbons (Fsp3) is 0.143. The smallest absolute Gasteiger partial charge is 0.310 e. The Kier molecular flexibility index (Phi) is 1.78. The normalized spacial score (nSPS) is 14.2. The van der Waals surface area contributed by atoms with Gasteiger partial charge in [-0.25, -0.2) is 0 Å². The maximum absolute atomic E-state index is 11.9. The molecule has 88 valence electrons. The lowest BCUT2D eigenvalue weighted by Crippen LogP contribution is -2.09. The molecule has 0 unspecified atom stereocenters. The first-order valence-electron chi connectivity index (χ1n) is 5.94. The summed E-state index contributed by atoms with van der Waals surface area (Å²) in [4.78, 5) is 15.9. The highest BCUT2D eigenvalue weighted by Crippen LogP contribution is 2.25. The first-order chi connectivity index (χ1) is 8.84. The molecule has 4 rings (SSSR count). The third kappa shape index (κ3) is 1.14. The number of aryl methyl sites for hydroxylation is 1. The summed E-state index contributed by atoms with van der Waals surface area (Å²) >= 11 is 0. The Labute approximate surface area is 102 Å². The van der Waals surface area contributed by atoms with Crippen molar-refractivity contribution in [3.05, 3.63) is 52.1 Å². The molecule has 0 amide bonds. The third-order valence-corrected chi connectivity index (χ3v) is 3.32. The van der Waals surface area contributed by atoms with Crippen LogP contribution in [0.2, 0.25) is 0 Å². The lowest BCUT2D eigenvalue weighted by atomic mass is 10.1. The Hall–Kier alpha value is -2.36. The zero-order chi connectivity index (χ0) is 12.1. The number of para-hydroxylation sites is 1. The van der Waals surface area contributed by atoms with Crippen LogP contribution < -0.4 is 5.56 Å². The summed E-state index contributed by atoms with van der Waals surface area (Å²) in [5.41, 5.74) is 1.62. The zero-order valence-corrected chi connectivity index (χ0v) is 9.59. The second-order valence-electron chi connectivity index (χ2n) is 4.40. The molecular formula is C14H10N2O2. The predicted octanol–water partition coefficient (Wildman–Crippen LogP) is 2.40. The van der Waals surface area contributed by atoms with E-state index >= 15 is 0 Å². The number of allylic oxidation sites excluding steroid dienone is 1. The van der Waals surface area contributed by atoms with Gasteiger partial charge in [-0.05, 0) is 24.6 Å². The number of aromatic nitrogens is 2. The highest BCUT2D eigenvalue weighted by atomic mass is 16.4. The summed E-state index contributed by atoms with van der Waals surface area (Å²) in [5.74, 6) is 1.29. The summed E-state index contributed by atoms with van der Waals surface area (Å²) in [7, 11) is 0. The first-order valence-corrected chi connectivity index (χ1v) is 5.94. The molecule has 0 N–H and O–H groups in total. The van der Waals surface area contributed by atoms with E-state index in [0.29, 0.717) is 11.2 Å². The van der Waals surface area contributed by atoms with Crippen LogP contribution in [0.25, 0.3) is 22.8 Å². The van der Waals surface area contributed by atoms with E-state index in [0.717, 1.165) is 29.8 Å². The average Bonchev–Trinajstić information content (AvgIpc) is 2.77. The van der Waals surface area contributed by atoms with Crippen LogP contribution in [-0.4, -0.2) is 9.38 Å². The van der Waals surface area contributed by atoms with Gasteiger partial charge in [0.05, 0.1) is 16.6 Å². The Morgan fingerprint density at radius 2 is 2.17 bits per heavy atom. The fourth-order valence-corrected chi connectivity index (χ4v) is 2.49. The van der Waals surface area contributed by atoms with Gasteiger partial charge < -0.3 is 4.42 Å². The lowest BCUT2D eigenvalue weighted by Gasteiger charge is -2.04. The van der Waals surface area contributed by atoms with E-state index in [9.17, 15) is 4.79 Å². The van der Waals surface area contributed by atoms with Crippen LogP contribution in [-0.2, 0) is 6.42 Å². The molecule has 1 aliphatic rings. The molecule has 0 bridgehead atoms. The van der Waals surface area contributed by atoms with Crippen molar-refractivity contribution < 1.29 is 4.42 Å². The van der Waals surface area contributed by atoms with Gasteiger partial charge in [0.15, 0.2) is 0 Å². The molecule has 0 spiro atoms. The molecule has 0 radical (unpaired) electrons. The topological polar surface area (TPSA) is 47.5 Å². The molecule has 0 saturated carbocycles. The Morgan fingerprint density at radius 3 is 3.11 bits per heavy atom. The summed E-state index contributed by atoms with van der Waals surface area (Å²) in [6.07, 6.45) is 5.98. The quantitative estimate of drug-likeness (QED) is 0.604. The number of hydrogen-bond donors (Lipinski definition) is 0. The van der Waals surface area contributed by atoms with Crippen LogP contribution in [0.15, 0.2) is 39.6 Å². The monoisotopic (exact) mass is 238 g/mol. The summed E-state index contributed by atoms with van der Waals surface area (Å²) in [6, 6.07) is 7.48. The van der Waals surface area contributed by atoms with Gasteiger partial charge in [-0.3, -0.25) is 9.20 Å². The van der Waals surface area contributed by atoms with Gasteiger partial charge in [0.2, 0.25) is 0 Å². The minimum Gasteiger partial charge on any atom is -0.427 e. The van der Waals surface area contributed by atoms with E-state index < -0.39 is 0 Å². The van der Waals surface area contributed by atoms with Crippen molar-refractivity contribution in [3.8, 4) is 0 Å². The minimum atomic E-state index is -0.235. The van der Waals surface area contributed by atoms with Crippen molar-refractivity contribution in [2.24, 2.45) is 0 Å². The zero-order valence-electron chi connectivity index (χ0n) is 9.59. The number of oxazole rings is 1. The molecule has 1 aliphatic carbocycles. The largest absolute Gasteiger partial charge is 0.427 e. The summed E-state index contributed by atoms with van der Waals surface area (Å²) in [6.45, 7) is 0. The number of nitrogens with zero attached hydrogens (tertiary/aromatic N) is 2. The van der Waals surface area contributed by atoms with E-state index in [-0.39, 0.29) is 5.56 Å². The summed E-state index contributed by atoms with van der Waals surface area (Å²) in [5, 5.41) is 0.623. The molecule has 0 fully saturated rings. The van der Waals surface area contributed by atoms with Gasteiger partial charge in [-0.1, -0.05) is 18.2 Å². The maximum atomic E-state index is 11.9. The number of benzene rings is 1. The Morgan fingerprint density at radius 1 is 1.28 bits per heavy atom. The standard InChI is InChI=1S/C14H10N2O2/c17-13-9-5-1-2-6-10(9)16-11-7-3-4-8-12(11)18-14(16)15-13/h1-3,5-7H,4,8H2. The highest BCUT2D eigenvalue weighted by molar-refractivity contribution is 5.81. The second kappa shape index (κ2) is 3.32. The van der Waals surface area contributed by atoms with Gasteiger partial charge in [-0.2, -0.15) is 4.98 Å². The second-order valence-corrected chi connectivity index (χ2v) is 4.40. The van der Waals surface area contributed by atoms with Crippen LogP contribution in [0.1, 0.15) is 17.9 Å². The first kappa shape index (κ1) is 9.65. The van der Waals surface area contributed by atoms with Crippen molar-refractivity contribution in [2.75, 3.05) is 0 Å². The molecule has 18 heavy (non-hydrogen) atoms. The van der Waals surface area contributed by atoms with Crippen LogP contribution in [0.3, 0.4) is 0 Å². The van der Waals surface area contributed by atoms with E-state index in [1.165, 1.54) is 0 Å². The van der Waals surface area contributed by atoms with E-state index in [1.54, 1.807) is 6.07 Å². The average molecular weight is 238 g/mol. The van der Waals surface area contributed by atoms with E-state index in [2.05, 4.69) is 11.1 Å². The molecule has 4 heteroatoms. The molecule has 0 saturated heterocycles. The van der Waals surface area contributed by atoms with Crippen molar-refractivity contribution in [3.63, 3.8) is 0 Å². The third-order valence-electron chi connectivity index (χ3n) is 3.32. The lowest BCUT2D eigenvalue weighted by molar-refractivity contribution is 0.532. The van der Waals surface area contributed by atoms with Crippen molar-refractivity contribution in [1.82, 2.24) is 9.38 Å². The molecule has 4 nitrogen and oxygen atoms in total. The maximum Gasteiger partial charge on any atom is 0.310 e. The highest BCUT2D eigenvalue weighted by Gasteiger charge is 2.17. The van der Waals surface area contributed by atoms with Crippen molar-refractivity contribution in [1.29, 1.82) is 0 Å². The van der Waals surface area contributed by atoms with Gasteiger partial charge in [0.1, 0.15) is 5.76 Å². The van der Waals surface area contributed by atoms with Gasteiger partial charge >= 0.3 is 5.84 Å². The van der Waals surface area contributed by atoms with Crippen molar-refractivity contribution >= 4 is 22.8 Å². The van der Waals surface area contributed by atoms with Gasteiger partial charge in [0, 0.05) is 6.42 Å². The molecular weight excluding hydrogens is 228 g/mol. The van der Waals surface area contributed by atoms with Crippen LogP contribution >= 0.6 is 0 Å². The molecule has 1 aromatic carbocycles. The van der Waals surface area contributed by atoms with Crippen LogP contribution in [0.4, 0.5) is 0 Å². The van der Waals surface area contributed by atoms with Crippen LogP contribution in [0, 0.1) is 0 Å². The fourth-order valence-electron chi connectivity index (χ4n) is 2.49. The van der Waals surface area contributed by atoms with E-state index in [4.69, 9.17) is 4.42 Å². The predicted molar refractivity (Wildman–Crippen MR) is 68.6 cm³/mol. The molecule has 3 aromatic rings. The van der Waals surface area contributed by atoms with Gasteiger partial charge in [0.25, 0.3) is 5.56 Å². The minimum absolute atomic E-state index is 0.235. The Bertz CT molecular complexity index is 855. The number of hydrogen-bond acceptors (Lipinski definition) is 3. The number of fused-ring (bicyclic) bond motifs is 5. The Balaban J connectivity index is 2.31. The molecule has 2 heterocycles. The SMILES string of the molecule is O=c1nc2oc3c(n2c2ccccc12)C=CCC3. The van der Waals surface area contributed by atoms with Crippen molar-refractivity contribution in [2.45, 2.75) is 12.8 Å². The molecule has 2 aromatic heterocycles. The van der Waals surface area contributed by atoms with E-state index in [1.807, 2.05) is 28.7 Å². The summed E-state index contributed by atoms with van der Waals surface area (Å²) < 4.78 is 7.60. The van der Waals surface area contributed by atoms with Gasteiger partial charge in [-0.15, -0.1) is 0 Å². The number of rotatable bonds is 0. The molecule has 0 aliphatic heterocycles. The molecule has 0 atom stereocenters. The van der Waals surface area contributed by atoms with Crippen LogP contribution in [0.5, 0.6) is 0 Å².